The highest BCUT2D eigenvalue weighted by Gasteiger charge is 2.40. The van der Waals surface area contributed by atoms with E-state index in [2.05, 4.69) is 42.3 Å². The predicted molar refractivity (Wildman–Crippen MR) is 201 cm³/mol. The molecule has 4 heterocycles. The van der Waals surface area contributed by atoms with E-state index >= 15 is 0 Å². The highest BCUT2D eigenvalue weighted by atomic mass is 35.5. The first-order valence-corrected chi connectivity index (χ1v) is 17.9. The maximum Gasteiger partial charge on any atom is 0.335 e. The van der Waals surface area contributed by atoms with Gasteiger partial charge in [-0.25, -0.2) is 4.79 Å². The minimum atomic E-state index is -1.000. The molecule has 0 saturated carbocycles. The van der Waals surface area contributed by atoms with E-state index in [1.165, 1.54) is 0 Å². The fourth-order valence-electron chi connectivity index (χ4n) is 8.38. The van der Waals surface area contributed by atoms with E-state index < -0.39 is 5.97 Å². The Morgan fingerprint density at radius 2 is 1.64 bits per heavy atom. The Bertz CT molecular complexity index is 2170. The fourth-order valence-corrected chi connectivity index (χ4v) is 8.77. The average molecular weight is 717 g/mol. The van der Waals surface area contributed by atoms with Crippen LogP contribution in [0.2, 0.25) is 10.0 Å². The van der Waals surface area contributed by atoms with Crippen LogP contribution in [0.15, 0.2) is 42.6 Å². The van der Waals surface area contributed by atoms with Gasteiger partial charge >= 0.3 is 5.97 Å². The van der Waals surface area contributed by atoms with Crippen molar-refractivity contribution in [3.63, 3.8) is 0 Å². The molecule has 0 radical (unpaired) electrons. The summed E-state index contributed by atoms with van der Waals surface area (Å²) in [7, 11) is 1.93. The molecule has 0 spiro atoms. The zero-order valence-corrected chi connectivity index (χ0v) is 31.0. The van der Waals surface area contributed by atoms with Gasteiger partial charge in [-0.05, 0) is 107 Å². The second kappa shape index (κ2) is 12.9. The lowest BCUT2D eigenvalue weighted by molar-refractivity contribution is 0.0696. The van der Waals surface area contributed by atoms with Crippen molar-refractivity contribution in [2.75, 3.05) is 18.1 Å². The number of aromatic nitrogens is 2. The van der Waals surface area contributed by atoms with Crippen molar-refractivity contribution in [1.29, 1.82) is 0 Å². The fraction of sp³-hybridized carbons (Fsp3) is 0.385. The number of anilines is 1. The van der Waals surface area contributed by atoms with Crippen LogP contribution in [-0.2, 0) is 13.5 Å². The lowest BCUT2D eigenvalue weighted by Crippen LogP contribution is -2.42. The molecule has 3 aromatic carbocycles. The molecule has 2 unspecified atom stereocenters. The number of hydrazine groups is 1. The van der Waals surface area contributed by atoms with Gasteiger partial charge in [0.15, 0.2) is 0 Å². The number of nitrogens with zero attached hydrogens (tertiary/aromatic N) is 3. The molecule has 11 heteroatoms. The molecular formula is C39H43Cl2N5O4. The Morgan fingerprint density at radius 3 is 2.30 bits per heavy atom. The van der Waals surface area contributed by atoms with Crippen LogP contribution in [0.3, 0.4) is 0 Å². The SMILES string of the molecule is Cc1cc(OCCCc2c3n(c4c(C5C(C)NNC5C)c(Cl)ccc24)[C@H](C)CN(c2cn(C)c4c(C)cc(C(=O)O)cc24)C3=O)cc(C)c1Cl. The van der Waals surface area contributed by atoms with Gasteiger partial charge in [0.25, 0.3) is 5.91 Å². The van der Waals surface area contributed by atoms with Crippen LogP contribution >= 0.6 is 23.2 Å². The number of halogens is 2. The zero-order valence-electron chi connectivity index (χ0n) is 29.4. The quantitative estimate of drug-likeness (QED) is 0.140. The van der Waals surface area contributed by atoms with Gasteiger partial charge in [-0.3, -0.25) is 15.6 Å². The standard InChI is InChI=1S/C39H43Cl2N5O4/c1-19-14-26(15-20(2)34(19)41)50-12-8-9-27-28-10-11-30(40)33(32-23(5)42-43-24(32)6)36(28)46-22(4)17-45(38(47)37(27)46)31-18-44(7)35-21(3)13-25(39(48)49)16-29(31)35/h10-11,13-16,18,22-24,32,42-43H,8-9,12,17H2,1-7H3,(H,48,49)/t22-,23?,24?,32?/m1/s1. The van der Waals surface area contributed by atoms with Crippen molar-refractivity contribution in [2.45, 2.75) is 78.4 Å². The summed E-state index contributed by atoms with van der Waals surface area (Å²) in [6.45, 7) is 13.2. The smallest absolute Gasteiger partial charge is 0.335 e. The first kappa shape index (κ1) is 34.4. The summed E-state index contributed by atoms with van der Waals surface area (Å²) in [6.07, 6.45) is 3.24. The van der Waals surface area contributed by atoms with Crippen LogP contribution < -0.4 is 20.5 Å². The molecule has 3 atom stereocenters. The molecule has 5 aromatic rings. The molecule has 7 rings (SSSR count). The Morgan fingerprint density at radius 1 is 0.960 bits per heavy atom. The highest BCUT2D eigenvalue weighted by molar-refractivity contribution is 6.33. The molecule has 1 fully saturated rings. The highest BCUT2D eigenvalue weighted by Crippen LogP contribution is 2.45. The largest absolute Gasteiger partial charge is 0.494 e. The molecule has 50 heavy (non-hydrogen) atoms. The molecule has 0 aliphatic carbocycles. The maximum absolute atomic E-state index is 15.0. The van der Waals surface area contributed by atoms with E-state index in [0.29, 0.717) is 42.4 Å². The van der Waals surface area contributed by atoms with E-state index in [0.717, 1.165) is 60.4 Å². The van der Waals surface area contributed by atoms with Crippen LogP contribution in [0.25, 0.3) is 21.8 Å². The number of nitrogens with one attached hydrogen (secondary N) is 2. The van der Waals surface area contributed by atoms with Crippen LogP contribution in [-0.4, -0.2) is 51.4 Å². The summed E-state index contributed by atoms with van der Waals surface area (Å²) in [6, 6.07) is 11.4. The van der Waals surface area contributed by atoms with Gasteiger partial charge in [0, 0.05) is 70.2 Å². The van der Waals surface area contributed by atoms with E-state index in [1.54, 1.807) is 12.1 Å². The van der Waals surface area contributed by atoms with Crippen molar-refractivity contribution in [1.82, 2.24) is 20.0 Å². The lowest BCUT2D eigenvalue weighted by atomic mass is 9.87. The van der Waals surface area contributed by atoms with E-state index in [-0.39, 0.29) is 35.5 Å². The third kappa shape index (κ3) is 5.55. The number of rotatable bonds is 8. The summed E-state index contributed by atoms with van der Waals surface area (Å²) in [4.78, 5) is 28.9. The molecule has 262 valence electrons. The predicted octanol–water partition coefficient (Wildman–Crippen LogP) is 8.26. The van der Waals surface area contributed by atoms with E-state index in [4.69, 9.17) is 27.9 Å². The summed E-state index contributed by atoms with van der Waals surface area (Å²) >= 11 is 13.5. The molecule has 1 saturated heterocycles. The number of carbonyl (C=O) groups is 2. The van der Waals surface area contributed by atoms with Gasteiger partial charge in [0.1, 0.15) is 11.4 Å². The van der Waals surface area contributed by atoms with Gasteiger partial charge in [-0.2, -0.15) is 0 Å². The van der Waals surface area contributed by atoms with Crippen LogP contribution in [0, 0.1) is 20.8 Å². The molecule has 0 bridgehead atoms. The Kier molecular flexibility index (Phi) is 8.91. The Labute approximate surface area is 302 Å². The topological polar surface area (TPSA) is 101 Å². The number of amides is 1. The zero-order chi connectivity index (χ0) is 35.8. The van der Waals surface area contributed by atoms with Gasteiger partial charge in [0.05, 0.1) is 28.9 Å². The van der Waals surface area contributed by atoms with Crippen LogP contribution in [0.1, 0.15) is 87.8 Å². The number of ether oxygens (including phenoxy) is 1. The Balaban J connectivity index is 1.36. The number of hydrogen-bond donors (Lipinski definition) is 3. The number of hydrogen-bond acceptors (Lipinski definition) is 5. The number of carboxylic acid groups (broad SMARTS) is 1. The van der Waals surface area contributed by atoms with E-state index in [1.807, 2.05) is 61.7 Å². The minimum Gasteiger partial charge on any atom is -0.494 e. The van der Waals surface area contributed by atoms with Crippen molar-refractivity contribution in [3.8, 4) is 5.75 Å². The summed E-state index contributed by atoms with van der Waals surface area (Å²) < 4.78 is 10.4. The van der Waals surface area contributed by atoms with Crippen LogP contribution in [0.4, 0.5) is 5.69 Å². The summed E-state index contributed by atoms with van der Waals surface area (Å²) in [5.74, 6) is -0.265. The van der Waals surface area contributed by atoms with Crippen LogP contribution in [0.5, 0.6) is 5.75 Å². The normalized spacial score (nSPS) is 20.7. The summed E-state index contributed by atoms with van der Waals surface area (Å²) in [5, 5.41) is 13.1. The lowest BCUT2D eigenvalue weighted by Gasteiger charge is -2.34. The van der Waals surface area contributed by atoms with Crippen molar-refractivity contribution >= 4 is 62.6 Å². The molecule has 2 aliphatic heterocycles. The van der Waals surface area contributed by atoms with Gasteiger partial charge in [-0.1, -0.05) is 29.3 Å². The number of aryl methyl sites for hydroxylation is 5. The molecule has 3 N–H and O–H groups in total. The summed E-state index contributed by atoms with van der Waals surface area (Å²) in [5.41, 5.74) is 15.0. The molecule has 9 nitrogen and oxygen atoms in total. The minimum absolute atomic E-state index is 0.0774. The molecule has 1 amide bonds. The van der Waals surface area contributed by atoms with Gasteiger partial charge in [-0.15, -0.1) is 0 Å². The maximum atomic E-state index is 15.0. The first-order valence-electron chi connectivity index (χ1n) is 17.2. The number of aromatic carboxylic acids is 1. The molecule has 2 aromatic heterocycles. The number of carboxylic acids is 1. The van der Waals surface area contributed by atoms with Crippen molar-refractivity contribution < 1.29 is 19.4 Å². The second-order valence-corrected chi connectivity index (χ2v) is 14.9. The number of carbonyl (C=O) groups excluding carboxylic acids is 1. The van der Waals surface area contributed by atoms with Crippen molar-refractivity contribution in [2.24, 2.45) is 7.05 Å². The van der Waals surface area contributed by atoms with E-state index in [9.17, 15) is 14.7 Å². The molecule has 2 aliphatic rings. The third-order valence-corrected chi connectivity index (χ3v) is 11.5. The number of fused-ring (bicyclic) bond motifs is 4. The number of benzene rings is 3. The first-order chi connectivity index (χ1) is 23.8. The molecular weight excluding hydrogens is 673 g/mol. The van der Waals surface area contributed by atoms with Gasteiger partial charge in [0.2, 0.25) is 0 Å². The second-order valence-electron chi connectivity index (χ2n) is 14.2. The monoisotopic (exact) mass is 715 g/mol. The van der Waals surface area contributed by atoms with Gasteiger partial charge < -0.3 is 23.9 Å². The average Bonchev–Trinajstić information content (AvgIpc) is 3.70. The van der Waals surface area contributed by atoms with Crippen molar-refractivity contribution in [3.05, 3.63) is 91.7 Å². The Hall–Kier alpha value is -4.02. The third-order valence-electron chi connectivity index (χ3n) is 10.6.